The fourth-order valence-corrected chi connectivity index (χ4v) is 2.67. The lowest BCUT2D eigenvalue weighted by molar-refractivity contribution is -0.151. The zero-order chi connectivity index (χ0) is 16.1. The van der Waals surface area contributed by atoms with Crippen LogP contribution < -0.4 is 5.32 Å². The van der Waals surface area contributed by atoms with Gasteiger partial charge in [0.1, 0.15) is 12.0 Å². The summed E-state index contributed by atoms with van der Waals surface area (Å²) in [6.07, 6.45) is 0. The van der Waals surface area contributed by atoms with Crippen LogP contribution in [0.2, 0.25) is 0 Å². The van der Waals surface area contributed by atoms with Crippen LogP contribution >= 0.6 is 0 Å². The zero-order valence-corrected chi connectivity index (χ0v) is 12.6. The number of carbonyl (C=O) groups excluding carboxylic acids is 3. The Bertz CT molecular complexity index is 557. The first kappa shape index (κ1) is 16.0. The molecule has 0 radical (unpaired) electrons. The van der Waals surface area contributed by atoms with Crippen LogP contribution in [0.4, 0.5) is 0 Å². The third kappa shape index (κ3) is 3.10. The molecule has 1 aliphatic rings. The summed E-state index contributed by atoms with van der Waals surface area (Å²) in [6.45, 7) is 3.74. The van der Waals surface area contributed by atoms with Crippen molar-refractivity contribution in [3.05, 3.63) is 35.9 Å². The van der Waals surface area contributed by atoms with Crippen LogP contribution in [0.25, 0.3) is 0 Å². The normalized spacial score (nSPS) is 23.7. The van der Waals surface area contributed by atoms with Gasteiger partial charge in [-0.2, -0.15) is 0 Å². The largest absolute Gasteiger partial charge is 0.465 e. The van der Waals surface area contributed by atoms with Crippen molar-refractivity contribution < 1.29 is 23.9 Å². The van der Waals surface area contributed by atoms with Gasteiger partial charge in [0, 0.05) is 5.92 Å². The molecule has 0 aliphatic carbocycles. The van der Waals surface area contributed by atoms with E-state index in [9.17, 15) is 14.4 Å². The number of esters is 2. The fraction of sp³-hybridized carbons (Fsp3) is 0.438. The summed E-state index contributed by atoms with van der Waals surface area (Å²) in [4.78, 5) is 36.4. The lowest BCUT2D eigenvalue weighted by atomic mass is 9.84. The van der Waals surface area contributed by atoms with E-state index in [0.717, 1.165) is 5.56 Å². The maximum absolute atomic E-state index is 12.2. The van der Waals surface area contributed by atoms with Gasteiger partial charge < -0.3 is 14.8 Å². The van der Waals surface area contributed by atoms with E-state index in [1.165, 1.54) is 0 Å². The summed E-state index contributed by atoms with van der Waals surface area (Å²) in [5, 5.41) is 2.56. The first-order valence-corrected chi connectivity index (χ1v) is 7.28. The van der Waals surface area contributed by atoms with E-state index in [4.69, 9.17) is 9.47 Å². The Labute approximate surface area is 128 Å². The number of ether oxygens (including phenoxy) is 2. The standard InChI is InChI=1S/C16H19NO5/c1-3-21-15(19)12-11(10-8-6-5-7-9-10)13(17-14(12)18)16(20)22-4-2/h5-9,11-13H,3-4H2,1-2H3,(H,17,18)/t11-,12-,13-/m1/s1. The minimum Gasteiger partial charge on any atom is -0.465 e. The van der Waals surface area contributed by atoms with Crippen molar-refractivity contribution in [3.8, 4) is 0 Å². The van der Waals surface area contributed by atoms with Crippen LogP contribution in [-0.2, 0) is 23.9 Å². The lowest BCUT2D eigenvalue weighted by Gasteiger charge is -2.21. The van der Waals surface area contributed by atoms with Crippen molar-refractivity contribution in [3.63, 3.8) is 0 Å². The van der Waals surface area contributed by atoms with E-state index in [-0.39, 0.29) is 13.2 Å². The van der Waals surface area contributed by atoms with E-state index < -0.39 is 35.7 Å². The monoisotopic (exact) mass is 305 g/mol. The molecule has 1 saturated heterocycles. The molecule has 1 aromatic rings. The molecule has 0 spiro atoms. The minimum atomic E-state index is -1.04. The molecule has 6 heteroatoms. The molecule has 0 unspecified atom stereocenters. The minimum absolute atomic E-state index is 0.175. The van der Waals surface area contributed by atoms with Gasteiger partial charge in [-0.1, -0.05) is 30.3 Å². The molecule has 3 atom stereocenters. The number of amides is 1. The molecule has 0 saturated carbocycles. The highest BCUT2D eigenvalue weighted by Crippen LogP contribution is 2.35. The summed E-state index contributed by atoms with van der Waals surface area (Å²) in [6, 6.07) is 8.09. The van der Waals surface area contributed by atoms with E-state index in [0.29, 0.717) is 0 Å². The Morgan fingerprint density at radius 1 is 1.05 bits per heavy atom. The van der Waals surface area contributed by atoms with Crippen LogP contribution in [0.15, 0.2) is 30.3 Å². The first-order valence-electron chi connectivity index (χ1n) is 7.28. The van der Waals surface area contributed by atoms with E-state index >= 15 is 0 Å². The molecule has 6 nitrogen and oxygen atoms in total. The predicted molar refractivity (Wildman–Crippen MR) is 77.9 cm³/mol. The summed E-state index contributed by atoms with van der Waals surface area (Å²) in [5.74, 6) is -3.36. The zero-order valence-electron chi connectivity index (χ0n) is 12.6. The average molecular weight is 305 g/mol. The third-order valence-electron chi connectivity index (χ3n) is 3.56. The Kier molecular flexibility index (Phi) is 5.14. The molecular formula is C16H19NO5. The van der Waals surface area contributed by atoms with Gasteiger partial charge in [0.15, 0.2) is 0 Å². The van der Waals surface area contributed by atoms with Crippen LogP contribution in [0.1, 0.15) is 25.3 Å². The highest BCUT2D eigenvalue weighted by molar-refractivity contribution is 6.04. The van der Waals surface area contributed by atoms with Crippen LogP contribution in [0.3, 0.4) is 0 Å². The lowest BCUT2D eigenvalue weighted by Crippen LogP contribution is -2.37. The van der Waals surface area contributed by atoms with Crippen LogP contribution in [0, 0.1) is 5.92 Å². The number of rotatable bonds is 5. The highest BCUT2D eigenvalue weighted by atomic mass is 16.5. The van der Waals surface area contributed by atoms with Gasteiger partial charge in [-0.25, -0.2) is 4.79 Å². The van der Waals surface area contributed by atoms with Gasteiger partial charge in [-0.3, -0.25) is 9.59 Å². The van der Waals surface area contributed by atoms with Crippen molar-refractivity contribution in [2.45, 2.75) is 25.8 Å². The molecule has 0 bridgehead atoms. The molecule has 1 amide bonds. The second-order valence-corrected chi connectivity index (χ2v) is 4.90. The van der Waals surface area contributed by atoms with Gasteiger partial charge in [0.2, 0.25) is 5.91 Å². The molecular weight excluding hydrogens is 286 g/mol. The second kappa shape index (κ2) is 7.06. The summed E-state index contributed by atoms with van der Waals surface area (Å²) in [5.41, 5.74) is 0.719. The molecule has 1 heterocycles. The second-order valence-electron chi connectivity index (χ2n) is 4.90. The van der Waals surface area contributed by atoms with Gasteiger partial charge in [-0.05, 0) is 19.4 Å². The third-order valence-corrected chi connectivity index (χ3v) is 3.56. The van der Waals surface area contributed by atoms with Crippen molar-refractivity contribution in [2.75, 3.05) is 13.2 Å². The number of hydrogen-bond donors (Lipinski definition) is 1. The van der Waals surface area contributed by atoms with Crippen molar-refractivity contribution in [2.24, 2.45) is 5.92 Å². The molecule has 1 aromatic carbocycles. The van der Waals surface area contributed by atoms with Gasteiger partial charge in [0.05, 0.1) is 13.2 Å². The van der Waals surface area contributed by atoms with Crippen molar-refractivity contribution in [1.29, 1.82) is 0 Å². The Balaban J connectivity index is 2.38. The average Bonchev–Trinajstić information content (AvgIpc) is 2.86. The van der Waals surface area contributed by atoms with Gasteiger partial charge in [-0.15, -0.1) is 0 Å². The predicted octanol–water partition coefficient (Wildman–Crippen LogP) is 1.01. The number of hydrogen-bond acceptors (Lipinski definition) is 5. The Morgan fingerprint density at radius 3 is 2.23 bits per heavy atom. The first-order chi connectivity index (χ1) is 10.6. The molecule has 1 N–H and O–H groups in total. The maximum atomic E-state index is 12.2. The van der Waals surface area contributed by atoms with Crippen molar-refractivity contribution in [1.82, 2.24) is 5.32 Å². The maximum Gasteiger partial charge on any atom is 0.329 e. The van der Waals surface area contributed by atoms with Gasteiger partial charge >= 0.3 is 11.9 Å². The molecule has 22 heavy (non-hydrogen) atoms. The summed E-state index contributed by atoms with van der Waals surface area (Å²) < 4.78 is 9.99. The Morgan fingerprint density at radius 2 is 1.64 bits per heavy atom. The Hall–Kier alpha value is -2.37. The fourth-order valence-electron chi connectivity index (χ4n) is 2.67. The summed E-state index contributed by atoms with van der Waals surface area (Å²) >= 11 is 0. The van der Waals surface area contributed by atoms with E-state index in [2.05, 4.69) is 5.32 Å². The number of benzene rings is 1. The van der Waals surface area contributed by atoms with Crippen molar-refractivity contribution >= 4 is 17.8 Å². The molecule has 118 valence electrons. The molecule has 1 fully saturated rings. The summed E-state index contributed by atoms with van der Waals surface area (Å²) in [7, 11) is 0. The van der Waals surface area contributed by atoms with Gasteiger partial charge in [0.25, 0.3) is 0 Å². The molecule has 2 rings (SSSR count). The quantitative estimate of drug-likeness (QED) is 0.648. The SMILES string of the molecule is CCOC(=O)[C@H]1C(=O)N[C@@H](C(=O)OCC)[C@@H]1c1ccccc1. The molecule has 1 aliphatic heterocycles. The smallest absolute Gasteiger partial charge is 0.329 e. The van der Waals surface area contributed by atoms with E-state index in [1.807, 2.05) is 6.07 Å². The highest BCUT2D eigenvalue weighted by Gasteiger charge is 2.51. The van der Waals surface area contributed by atoms with Crippen LogP contribution in [-0.4, -0.2) is 37.1 Å². The van der Waals surface area contributed by atoms with Crippen LogP contribution in [0.5, 0.6) is 0 Å². The number of nitrogens with one attached hydrogen (secondary N) is 1. The molecule has 0 aromatic heterocycles. The topological polar surface area (TPSA) is 81.7 Å². The van der Waals surface area contributed by atoms with E-state index in [1.54, 1.807) is 38.1 Å². The number of carbonyl (C=O) groups is 3.